The van der Waals surface area contributed by atoms with Crippen LogP contribution in [0.1, 0.15) is 50.8 Å². The third-order valence-electron chi connectivity index (χ3n) is 4.53. The highest BCUT2D eigenvalue weighted by atomic mass is 16.5. The molecule has 1 N–H and O–H groups in total. The van der Waals surface area contributed by atoms with E-state index in [1.54, 1.807) is 0 Å². The van der Waals surface area contributed by atoms with Crippen LogP contribution in [-0.4, -0.2) is 25.3 Å². The molecule has 0 aromatic heterocycles. The van der Waals surface area contributed by atoms with E-state index in [0.29, 0.717) is 5.92 Å². The average molecular weight is 289 g/mol. The third-order valence-corrected chi connectivity index (χ3v) is 4.53. The normalized spacial score (nSPS) is 27.2. The van der Waals surface area contributed by atoms with Gasteiger partial charge in [-0.15, -0.1) is 0 Å². The number of rotatable bonds is 4. The smallest absolute Gasteiger partial charge is 0.129 e. The van der Waals surface area contributed by atoms with E-state index in [1.165, 1.54) is 17.5 Å². The fourth-order valence-electron chi connectivity index (χ4n) is 3.59. The molecule has 116 valence electrons. The lowest BCUT2D eigenvalue weighted by Gasteiger charge is -2.33. The molecule has 1 saturated heterocycles. The largest absolute Gasteiger partial charge is 0.487 e. The van der Waals surface area contributed by atoms with E-state index in [1.807, 2.05) is 0 Å². The Hall–Kier alpha value is -1.06. The number of nitrogens with one attached hydrogen (secondary N) is 1. The molecule has 1 aromatic rings. The predicted molar refractivity (Wildman–Crippen MR) is 84.8 cm³/mol. The third kappa shape index (κ3) is 3.09. The van der Waals surface area contributed by atoms with Gasteiger partial charge in [0, 0.05) is 31.1 Å². The van der Waals surface area contributed by atoms with Gasteiger partial charge in [0.25, 0.3) is 0 Å². The Morgan fingerprint density at radius 1 is 1.33 bits per heavy atom. The van der Waals surface area contributed by atoms with Crippen LogP contribution in [0.5, 0.6) is 5.75 Å². The second kappa shape index (κ2) is 5.98. The number of para-hydroxylation sites is 1. The number of hydrogen-bond acceptors (Lipinski definition) is 3. The molecule has 21 heavy (non-hydrogen) atoms. The van der Waals surface area contributed by atoms with E-state index in [2.05, 4.69) is 44.3 Å². The molecule has 0 bridgehead atoms. The van der Waals surface area contributed by atoms with Gasteiger partial charge >= 0.3 is 0 Å². The van der Waals surface area contributed by atoms with Gasteiger partial charge in [0.05, 0.1) is 6.10 Å². The molecule has 0 aliphatic carbocycles. The first kappa shape index (κ1) is 14.9. The molecule has 2 aliphatic heterocycles. The summed E-state index contributed by atoms with van der Waals surface area (Å²) in [5.74, 6) is 1.62. The van der Waals surface area contributed by atoms with Crippen LogP contribution < -0.4 is 10.1 Å². The van der Waals surface area contributed by atoms with E-state index in [-0.39, 0.29) is 11.7 Å². The van der Waals surface area contributed by atoms with Crippen molar-refractivity contribution in [1.82, 2.24) is 5.32 Å². The zero-order valence-corrected chi connectivity index (χ0v) is 13.4. The van der Waals surface area contributed by atoms with Crippen molar-refractivity contribution in [1.29, 1.82) is 0 Å². The van der Waals surface area contributed by atoms with E-state index in [0.717, 1.165) is 38.3 Å². The first-order valence-corrected chi connectivity index (χ1v) is 8.24. The lowest BCUT2D eigenvalue weighted by Crippen LogP contribution is -2.32. The molecule has 3 nitrogen and oxygen atoms in total. The van der Waals surface area contributed by atoms with Gasteiger partial charge in [0.1, 0.15) is 11.4 Å². The zero-order valence-electron chi connectivity index (χ0n) is 13.4. The minimum Gasteiger partial charge on any atom is -0.487 e. The molecular weight excluding hydrogens is 262 g/mol. The van der Waals surface area contributed by atoms with Crippen LogP contribution in [0, 0.1) is 5.92 Å². The predicted octanol–water partition coefficient (Wildman–Crippen LogP) is 3.48. The summed E-state index contributed by atoms with van der Waals surface area (Å²) >= 11 is 0. The Labute approximate surface area is 128 Å². The Balaban J connectivity index is 1.87. The maximum absolute atomic E-state index is 6.23. The first-order chi connectivity index (χ1) is 10.1. The summed E-state index contributed by atoms with van der Waals surface area (Å²) in [6, 6.07) is 6.53. The Bertz CT molecular complexity index is 498. The van der Waals surface area contributed by atoms with Gasteiger partial charge in [-0.25, -0.2) is 0 Å². The Morgan fingerprint density at radius 2 is 2.19 bits per heavy atom. The van der Waals surface area contributed by atoms with Crippen LogP contribution in [0.3, 0.4) is 0 Å². The summed E-state index contributed by atoms with van der Waals surface area (Å²) in [6.07, 6.45) is 3.54. The molecule has 1 aromatic carbocycles. The quantitative estimate of drug-likeness (QED) is 0.920. The van der Waals surface area contributed by atoms with Crippen molar-refractivity contribution in [2.45, 2.75) is 51.7 Å². The minimum atomic E-state index is -0.0930. The van der Waals surface area contributed by atoms with Crippen molar-refractivity contribution in [3.63, 3.8) is 0 Å². The van der Waals surface area contributed by atoms with Crippen molar-refractivity contribution in [3.8, 4) is 5.75 Å². The topological polar surface area (TPSA) is 30.5 Å². The van der Waals surface area contributed by atoms with E-state index in [4.69, 9.17) is 9.47 Å². The van der Waals surface area contributed by atoms with Crippen LogP contribution in [0.2, 0.25) is 0 Å². The SMILES string of the molecule is CCNCC1CCCOC1c1cccc2c1OC(C)(C)C2. The maximum Gasteiger partial charge on any atom is 0.129 e. The van der Waals surface area contributed by atoms with Gasteiger partial charge < -0.3 is 14.8 Å². The van der Waals surface area contributed by atoms with E-state index < -0.39 is 0 Å². The molecular formula is C18H27NO2. The van der Waals surface area contributed by atoms with Crippen LogP contribution in [-0.2, 0) is 11.2 Å². The van der Waals surface area contributed by atoms with Gasteiger partial charge in [-0.1, -0.05) is 25.1 Å². The first-order valence-electron chi connectivity index (χ1n) is 8.24. The zero-order chi connectivity index (χ0) is 14.9. The van der Waals surface area contributed by atoms with Gasteiger partial charge in [0.15, 0.2) is 0 Å². The lowest BCUT2D eigenvalue weighted by molar-refractivity contribution is -0.0297. The number of hydrogen-bond donors (Lipinski definition) is 1. The van der Waals surface area contributed by atoms with Gasteiger partial charge in [-0.2, -0.15) is 0 Å². The second-order valence-corrected chi connectivity index (χ2v) is 6.88. The highest BCUT2D eigenvalue weighted by molar-refractivity contribution is 5.47. The van der Waals surface area contributed by atoms with Crippen molar-refractivity contribution in [2.24, 2.45) is 5.92 Å². The monoisotopic (exact) mass is 289 g/mol. The minimum absolute atomic E-state index is 0.0930. The standard InChI is InChI=1S/C18H27NO2/c1-4-19-12-14-8-6-10-20-16(14)15-9-5-7-13-11-18(2,3)21-17(13)15/h5,7,9,14,16,19H,4,6,8,10-12H2,1-3H3. The molecule has 2 heterocycles. The maximum atomic E-state index is 6.23. The molecule has 2 atom stereocenters. The average Bonchev–Trinajstić information content (AvgIpc) is 2.79. The summed E-state index contributed by atoms with van der Waals surface area (Å²) in [6.45, 7) is 9.38. The van der Waals surface area contributed by atoms with E-state index in [9.17, 15) is 0 Å². The van der Waals surface area contributed by atoms with Gasteiger partial charge in [-0.05, 0) is 38.8 Å². The number of ether oxygens (including phenoxy) is 2. The van der Waals surface area contributed by atoms with Crippen molar-refractivity contribution in [2.75, 3.05) is 19.7 Å². The molecule has 3 heteroatoms. The van der Waals surface area contributed by atoms with Crippen molar-refractivity contribution >= 4 is 0 Å². The van der Waals surface area contributed by atoms with Crippen LogP contribution in [0.15, 0.2) is 18.2 Å². The van der Waals surface area contributed by atoms with Crippen molar-refractivity contribution in [3.05, 3.63) is 29.3 Å². The van der Waals surface area contributed by atoms with Crippen LogP contribution in [0.25, 0.3) is 0 Å². The molecule has 0 spiro atoms. The summed E-state index contributed by atoms with van der Waals surface area (Å²) in [5.41, 5.74) is 2.49. The van der Waals surface area contributed by atoms with Crippen LogP contribution in [0.4, 0.5) is 0 Å². The Kier molecular flexibility index (Phi) is 4.23. The molecule has 3 rings (SSSR count). The summed E-state index contributed by atoms with van der Waals surface area (Å²) < 4.78 is 12.4. The fraction of sp³-hybridized carbons (Fsp3) is 0.667. The summed E-state index contributed by atoms with van der Waals surface area (Å²) in [4.78, 5) is 0. The van der Waals surface area contributed by atoms with Gasteiger partial charge in [0.2, 0.25) is 0 Å². The molecule has 1 fully saturated rings. The fourth-order valence-corrected chi connectivity index (χ4v) is 3.59. The second-order valence-electron chi connectivity index (χ2n) is 6.88. The van der Waals surface area contributed by atoms with E-state index >= 15 is 0 Å². The Morgan fingerprint density at radius 3 is 3.00 bits per heavy atom. The summed E-state index contributed by atoms with van der Waals surface area (Å²) in [5, 5.41) is 3.48. The number of fused-ring (bicyclic) bond motifs is 1. The van der Waals surface area contributed by atoms with Crippen molar-refractivity contribution < 1.29 is 9.47 Å². The lowest BCUT2D eigenvalue weighted by atomic mass is 9.88. The highest BCUT2D eigenvalue weighted by Crippen LogP contribution is 2.44. The van der Waals surface area contributed by atoms with Crippen LogP contribution >= 0.6 is 0 Å². The number of benzene rings is 1. The highest BCUT2D eigenvalue weighted by Gasteiger charge is 2.36. The molecule has 2 unspecified atom stereocenters. The molecule has 0 radical (unpaired) electrons. The molecule has 0 saturated carbocycles. The molecule has 2 aliphatic rings. The summed E-state index contributed by atoms with van der Waals surface area (Å²) in [7, 11) is 0. The van der Waals surface area contributed by atoms with Gasteiger partial charge in [-0.3, -0.25) is 0 Å². The molecule has 0 amide bonds.